The van der Waals surface area contributed by atoms with E-state index in [2.05, 4.69) is 25.2 Å². The molecule has 1 aliphatic heterocycles. The summed E-state index contributed by atoms with van der Waals surface area (Å²) in [6, 6.07) is 6.55. The van der Waals surface area contributed by atoms with Gasteiger partial charge in [-0.25, -0.2) is 0 Å². The quantitative estimate of drug-likeness (QED) is 0.899. The second-order valence-electron chi connectivity index (χ2n) is 5.87. The van der Waals surface area contributed by atoms with Crippen LogP contribution >= 0.6 is 0 Å². The predicted octanol–water partition coefficient (Wildman–Crippen LogP) is 2.75. The third-order valence-corrected chi connectivity index (χ3v) is 3.74. The van der Waals surface area contributed by atoms with E-state index in [9.17, 15) is 0 Å². The number of hydrogen-bond acceptors (Lipinski definition) is 4. The Morgan fingerprint density at radius 1 is 1.25 bits per heavy atom. The first kappa shape index (κ1) is 15.1. The maximum absolute atomic E-state index is 5.74. The molecule has 1 N–H and O–H groups in total. The van der Waals surface area contributed by atoms with E-state index in [-0.39, 0.29) is 5.60 Å². The Kier molecular flexibility index (Phi) is 4.89. The van der Waals surface area contributed by atoms with Crippen LogP contribution in [0.25, 0.3) is 0 Å². The van der Waals surface area contributed by atoms with Gasteiger partial charge in [-0.15, -0.1) is 0 Å². The Morgan fingerprint density at radius 2 is 2.00 bits per heavy atom. The Hall–Kier alpha value is -1.26. The van der Waals surface area contributed by atoms with Crippen LogP contribution in [0.4, 0.5) is 0 Å². The number of ether oxygens (including phenoxy) is 3. The van der Waals surface area contributed by atoms with Gasteiger partial charge in [0.05, 0.1) is 19.8 Å². The molecular weight excluding hydrogens is 254 g/mol. The summed E-state index contributed by atoms with van der Waals surface area (Å²) in [5.41, 5.74) is 1.18. The molecule has 1 fully saturated rings. The van der Waals surface area contributed by atoms with Gasteiger partial charge in [-0.3, -0.25) is 0 Å². The van der Waals surface area contributed by atoms with Gasteiger partial charge in [-0.2, -0.15) is 0 Å². The number of methoxy groups -OCH3 is 2. The molecule has 1 heterocycles. The van der Waals surface area contributed by atoms with Crippen molar-refractivity contribution in [2.45, 2.75) is 44.9 Å². The Morgan fingerprint density at radius 3 is 2.65 bits per heavy atom. The molecule has 20 heavy (non-hydrogen) atoms. The molecule has 112 valence electrons. The van der Waals surface area contributed by atoms with Crippen LogP contribution in [0.2, 0.25) is 0 Å². The van der Waals surface area contributed by atoms with E-state index in [1.165, 1.54) is 5.56 Å². The summed E-state index contributed by atoms with van der Waals surface area (Å²) in [5, 5.41) is 3.61. The van der Waals surface area contributed by atoms with Crippen LogP contribution in [0.15, 0.2) is 18.2 Å². The third-order valence-electron chi connectivity index (χ3n) is 3.74. The average Bonchev–Trinajstić information content (AvgIpc) is 2.43. The molecule has 0 saturated carbocycles. The smallest absolute Gasteiger partial charge is 0.161 e. The van der Waals surface area contributed by atoms with Gasteiger partial charge in [0.1, 0.15) is 0 Å². The fourth-order valence-corrected chi connectivity index (χ4v) is 2.66. The van der Waals surface area contributed by atoms with Gasteiger partial charge in [0, 0.05) is 19.2 Å². The van der Waals surface area contributed by atoms with Crippen molar-refractivity contribution in [3.63, 3.8) is 0 Å². The largest absolute Gasteiger partial charge is 0.493 e. The Bertz CT molecular complexity index is 445. The van der Waals surface area contributed by atoms with Crippen LogP contribution in [0.3, 0.4) is 0 Å². The molecule has 0 radical (unpaired) electrons. The van der Waals surface area contributed by atoms with E-state index in [4.69, 9.17) is 14.2 Å². The van der Waals surface area contributed by atoms with Crippen LogP contribution in [-0.2, 0) is 11.3 Å². The predicted molar refractivity (Wildman–Crippen MR) is 79.4 cm³/mol. The second kappa shape index (κ2) is 6.46. The lowest BCUT2D eigenvalue weighted by Gasteiger charge is -2.36. The molecule has 1 atom stereocenters. The van der Waals surface area contributed by atoms with Crippen molar-refractivity contribution in [3.05, 3.63) is 23.8 Å². The summed E-state index contributed by atoms with van der Waals surface area (Å²) < 4.78 is 16.3. The summed E-state index contributed by atoms with van der Waals surface area (Å²) in [5.74, 6) is 1.54. The maximum Gasteiger partial charge on any atom is 0.161 e. The topological polar surface area (TPSA) is 39.7 Å². The molecule has 2 rings (SSSR count). The van der Waals surface area contributed by atoms with E-state index in [0.29, 0.717) is 6.04 Å². The van der Waals surface area contributed by atoms with Gasteiger partial charge in [0.25, 0.3) is 0 Å². The number of rotatable bonds is 5. The first-order valence-corrected chi connectivity index (χ1v) is 7.12. The fraction of sp³-hybridized carbons (Fsp3) is 0.625. The minimum atomic E-state index is -0.0203. The highest BCUT2D eigenvalue weighted by Gasteiger charge is 2.28. The zero-order chi connectivity index (χ0) is 14.6. The van der Waals surface area contributed by atoms with Crippen molar-refractivity contribution in [2.24, 2.45) is 0 Å². The zero-order valence-electron chi connectivity index (χ0n) is 12.9. The van der Waals surface area contributed by atoms with Crippen molar-refractivity contribution < 1.29 is 14.2 Å². The highest BCUT2D eigenvalue weighted by atomic mass is 16.5. The van der Waals surface area contributed by atoms with E-state index in [1.54, 1.807) is 14.2 Å². The molecule has 1 aromatic rings. The van der Waals surface area contributed by atoms with Crippen LogP contribution in [0.5, 0.6) is 11.5 Å². The van der Waals surface area contributed by atoms with Crippen molar-refractivity contribution in [1.29, 1.82) is 0 Å². The molecule has 0 amide bonds. The van der Waals surface area contributed by atoms with Gasteiger partial charge in [-0.05, 0) is 44.4 Å². The molecule has 1 aromatic carbocycles. The molecule has 0 bridgehead atoms. The molecule has 4 heteroatoms. The summed E-state index contributed by atoms with van der Waals surface area (Å²) >= 11 is 0. The van der Waals surface area contributed by atoms with Crippen LogP contribution < -0.4 is 14.8 Å². The van der Waals surface area contributed by atoms with Gasteiger partial charge in [0.2, 0.25) is 0 Å². The maximum atomic E-state index is 5.74. The number of hydrogen-bond donors (Lipinski definition) is 1. The van der Waals surface area contributed by atoms with Gasteiger partial charge in [0.15, 0.2) is 11.5 Å². The molecule has 1 aliphatic rings. The van der Waals surface area contributed by atoms with E-state index < -0.39 is 0 Å². The summed E-state index contributed by atoms with van der Waals surface area (Å²) in [4.78, 5) is 0. The van der Waals surface area contributed by atoms with Gasteiger partial charge >= 0.3 is 0 Å². The Balaban J connectivity index is 1.93. The van der Waals surface area contributed by atoms with Crippen LogP contribution in [-0.4, -0.2) is 32.5 Å². The van der Waals surface area contributed by atoms with Crippen molar-refractivity contribution in [2.75, 3.05) is 20.8 Å². The fourth-order valence-electron chi connectivity index (χ4n) is 2.66. The van der Waals surface area contributed by atoms with Crippen LogP contribution in [0.1, 0.15) is 32.3 Å². The minimum Gasteiger partial charge on any atom is -0.493 e. The lowest BCUT2D eigenvalue weighted by Crippen LogP contribution is -2.43. The monoisotopic (exact) mass is 279 g/mol. The SMILES string of the molecule is COc1ccc(CN[C@H]2CCOC(C)(C)C2)cc1OC. The first-order valence-electron chi connectivity index (χ1n) is 7.12. The van der Waals surface area contributed by atoms with E-state index in [0.717, 1.165) is 37.5 Å². The lowest BCUT2D eigenvalue weighted by atomic mass is 9.94. The highest BCUT2D eigenvalue weighted by molar-refractivity contribution is 5.42. The summed E-state index contributed by atoms with van der Waals surface area (Å²) in [6.45, 7) is 5.96. The average molecular weight is 279 g/mol. The van der Waals surface area contributed by atoms with E-state index >= 15 is 0 Å². The molecule has 4 nitrogen and oxygen atoms in total. The van der Waals surface area contributed by atoms with Crippen molar-refractivity contribution in [3.8, 4) is 11.5 Å². The number of nitrogens with one attached hydrogen (secondary N) is 1. The summed E-state index contributed by atoms with van der Waals surface area (Å²) in [6.07, 6.45) is 2.11. The molecule has 0 unspecified atom stereocenters. The zero-order valence-corrected chi connectivity index (χ0v) is 12.9. The summed E-state index contributed by atoms with van der Waals surface area (Å²) in [7, 11) is 3.32. The Labute approximate surface area is 121 Å². The van der Waals surface area contributed by atoms with Crippen LogP contribution in [0, 0.1) is 0 Å². The molecule has 1 saturated heterocycles. The lowest BCUT2D eigenvalue weighted by molar-refractivity contribution is -0.0630. The molecule has 0 spiro atoms. The molecular formula is C16H25NO3. The third kappa shape index (κ3) is 3.87. The molecule has 0 aliphatic carbocycles. The number of benzene rings is 1. The first-order chi connectivity index (χ1) is 9.54. The minimum absolute atomic E-state index is 0.0203. The second-order valence-corrected chi connectivity index (χ2v) is 5.87. The van der Waals surface area contributed by atoms with Crippen molar-refractivity contribution >= 4 is 0 Å². The van der Waals surface area contributed by atoms with Gasteiger partial charge < -0.3 is 19.5 Å². The highest BCUT2D eigenvalue weighted by Crippen LogP contribution is 2.28. The van der Waals surface area contributed by atoms with Crippen molar-refractivity contribution in [1.82, 2.24) is 5.32 Å². The van der Waals surface area contributed by atoms with Gasteiger partial charge in [-0.1, -0.05) is 6.07 Å². The van der Waals surface area contributed by atoms with E-state index in [1.807, 2.05) is 12.1 Å². The standard InChI is InChI=1S/C16H25NO3/c1-16(2)10-13(7-8-20-16)17-11-12-5-6-14(18-3)15(9-12)19-4/h5-6,9,13,17H,7-8,10-11H2,1-4H3/t13-/m0/s1. The molecule has 0 aromatic heterocycles. The normalized spacial score (nSPS) is 21.5.